The van der Waals surface area contributed by atoms with Gasteiger partial charge < -0.3 is 10.6 Å². The molecule has 1 amide bonds. The summed E-state index contributed by atoms with van der Waals surface area (Å²) in [5.74, 6) is -0.0296. The van der Waals surface area contributed by atoms with Crippen molar-refractivity contribution in [3.05, 3.63) is 35.9 Å². The van der Waals surface area contributed by atoms with Gasteiger partial charge in [-0.3, -0.25) is 4.79 Å². The summed E-state index contributed by atoms with van der Waals surface area (Å²) in [4.78, 5) is 16.1. The molecule has 21 heavy (non-hydrogen) atoms. The quantitative estimate of drug-likeness (QED) is 0.906. The minimum Gasteiger partial charge on any atom is -0.324 e. The molecule has 0 radical (unpaired) electrons. The van der Waals surface area contributed by atoms with Gasteiger partial charge in [0.05, 0.1) is 11.4 Å². The lowest BCUT2D eigenvalue weighted by Gasteiger charge is -2.13. The summed E-state index contributed by atoms with van der Waals surface area (Å²) in [5, 5.41) is 10.9. The molecule has 2 N–H and O–H groups in total. The topological polar surface area (TPSA) is 71.8 Å². The van der Waals surface area contributed by atoms with Crippen LogP contribution < -0.4 is 10.6 Å². The van der Waals surface area contributed by atoms with Gasteiger partial charge in [-0.25, -0.2) is 9.67 Å². The number of carbonyl (C=O) groups is 1. The predicted octanol–water partition coefficient (Wildman–Crippen LogP) is 2.00. The molecule has 1 atom stereocenters. The van der Waals surface area contributed by atoms with E-state index < -0.39 is 0 Å². The maximum Gasteiger partial charge on any atom is 0.225 e. The van der Waals surface area contributed by atoms with E-state index in [2.05, 4.69) is 20.7 Å². The zero-order valence-electron chi connectivity index (χ0n) is 11.4. The molecule has 2 heterocycles. The zero-order chi connectivity index (χ0) is 14.7. The van der Waals surface area contributed by atoms with Crippen LogP contribution in [0.2, 0.25) is 5.02 Å². The molecule has 1 unspecified atom stereocenters. The van der Waals surface area contributed by atoms with Crippen molar-refractivity contribution in [2.45, 2.75) is 25.3 Å². The Kier molecular flexibility index (Phi) is 4.17. The van der Waals surface area contributed by atoms with Gasteiger partial charge in [-0.05, 0) is 37.6 Å². The highest BCUT2D eigenvalue weighted by Crippen LogP contribution is 2.24. The van der Waals surface area contributed by atoms with Crippen LogP contribution in [0.1, 0.15) is 19.3 Å². The van der Waals surface area contributed by atoms with Gasteiger partial charge in [-0.2, -0.15) is 5.10 Å². The summed E-state index contributed by atoms with van der Waals surface area (Å²) in [6.07, 6.45) is 5.65. The Morgan fingerprint density at radius 3 is 3.14 bits per heavy atom. The lowest BCUT2D eigenvalue weighted by Crippen LogP contribution is -2.27. The van der Waals surface area contributed by atoms with Crippen molar-refractivity contribution in [3.63, 3.8) is 0 Å². The van der Waals surface area contributed by atoms with Crippen molar-refractivity contribution in [1.82, 2.24) is 20.1 Å². The summed E-state index contributed by atoms with van der Waals surface area (Å²) in [6, 6.07) is 5.55. The number of hydrogen-bond donors (Lipinski definition) is 2. The van der Waals surface area contributed by atoms with Crippen LogP contribution in [0.25, 0.3) is 5.69 Å². The van der Waals surface area contributed by atoms with Crippen LogP contribution in [0.3, 0.4) is 0 Å². The van der Waals surface area contributed by atoms with Crippen LogP contribution in [0.4, 0.5) is 5.69 Å². The monoisotopic (exact) mass is 305 g/mol. The third-order valence-electron chi connectivity index (χ3n) is 3.49. The van der Waals surface area contributed by atoms with E-state index in [1.54, 1.807) is 29.2 Å². The van der Waals surface area contributed by atoms with Gasteiger partial charge in [0.15, 0.2) is 0 Å². The molecule has 0 saturated carbocycles. The number of amides is 1. The number of halogens is 1. The molecule has 1 aliphatic heterocycles. The minimum absolute atomic E-state index is 0.0296. The lowest BCUT2D eigenvalue weighted by molar-refractivity contribution is -0.116. The van der Waals surface area contributed by atoms with E-state index in [1.807, 2.05) is 0 Å². The van der Waals surface area contributed by atoms with Gasteiger partial charge in [0, 0.05) is 17.5 Å². The zero-order valence-corrected chi connectivity index (χ0v) is 12.2. The number of benzene rings is 1. The van der Waals surface area contributed by atoms with Gasteiger partial charge >= 0.3 is 0 Å². The molecule has 1 aromatic heterocycles. The first kappa shape index (κ1) is 14.0. The summed E-state index contributed by atoms with van der Waals surface area (Å²) in [5.41, 5.74) is 1.38. The third kappa shape index (κ3) is 3.40. The Hall–Kier alpha value is -1.92. The Labute approximate surface area is 127 Å². The maximum absolute atomic E-state index is 12.2. The van der Waals surface area contributed by atoms with E-state index >= 15 is 0 Å². The second kappa shape index (κ2) is 6.24. The first-order valence-electron chi connectivity index (χ1n) is 6.90. The molecule has 110 valence electrons. The molecular formula is C14H16ClN5O. The van der Waals surface area contributed by atoms with Crippen molar-refractivity contribution < 1.29 is 4.79 Å². The Bertz CT molecular complexity index is 622. The van der Waals surface area contributed by atoms with Crippen molar-refractivity contribution >= 4 is 23.2 Å². The Balaban J connectivity index is 1.77. The van der Waals surface area contributed by atoms with E-state index in [1.165, 1.54) is 6.33 Å². The Morgan fingerprint density at radius 2 is 2.43 bits per heavy atom. The van der Waals surface area contributed by atoms with E-state index in [9.17, 15) is 4.79 Å². The highest BCUT2D eigenvalue weighted by Gasteiger charge is 2.18. The highest BCUT2D eigenvalue weighted by molar-refractivity contribution is 6.31. The maximum atomic E-state index is 12.2. The van der Waals surface area contributed by atoms with Gasteiger partial charge in [0.2, 0.25) is 5.91 Å². The minimum atomic E-state index is -0.0296. The van der Waals surface area contributed by atoms with Crippen molar-refractivity contribution in [1.29, 1.82) is 0 Å². The van der Waals surface area contributed by atoms with Crippen LogP contribution >= 0.6 is 11.6 Å². The molecular weight excluding hydrogens is 290 g/mol. The molecule has 1 saturated heterocycles. The molecule has 0 aliphatic carbocycles. The number of aromatic nitrogens is 3. The largest absolute Gasteiger partial charge is 0.324 e. The van der Waals surface area contributed by atoms with Crippen LogP contribution in [0.15, 0.2) is 30.9 Å². The molecule has 6 nitrogen and oxygen atoms in total. The summed E-state index contributed by atoms with van der Waals surface area (Å²) >= 11 is 6.02. The number of carbonyl (C=O) groups excluding carboxylic acids is 1. The molecule has 1 aromatic carbocycles. The number of anilines is 1. The summed E-state index contributed by atoms with van der Waals surface area (Å²) in [6.45, 7) is 0.985. The van der Waals surface area contributed by atoms with E-state index in [0.29, 0.717) is 17.1 Å². The second-order valence-electron chi connectivity index (χ2n) is 5.05. The molecule has 7 heteroatoms. The van der Waals surface area contributed by atoms with Crippen LogP contribution in [-0.2, 0) is 4.79 Å². The first-order chi connectivity index (χ1) is 10.2. The highest BCUT2D eigenvalue weighted by atomic mass is 35.5. The number of rotatable bonds is 4. The average molecular weight is 306 g/mol. The number of hydrogen-bond acceptors (Lipinski definition) is 4. The van der Waals surface area contributed by atoms with E-state index in [0.717, 1.165) is 25.1 Å². The second-order valence-corrected chi connectivity index (χ2v) is 5.48. The summed E-state index contributed by atoms with van der Waals surface area (Å²) < 4.78 is 1.60. The molecule has 2 aromatic rings. The average Bonchev–Trinajstić information content (AvgIpc) is 3.11. The fraction of sp³-hybridized carbons (Fsp3) is 0.357. The number of nitrogens with zero attached hydrogens (tertiary/aromatic N) is 3. The van der Waals surface area contributed by atoms with Gasteiger partial charge in [-0.1, -0.05) is 11.6 Å². The normalized spacial score (nSPS) is 17.9. The van der Waals surface area contributed by atoms with E-state index in [4.69, 9.17) is 11.6 Å². The molecule has 1 aliphatic rings. The van der Waals surface area contributed by atoms with Crippen molar-refractivity contribution in [2.75, 3.05) is 11.9 Å². The smallest absolute Gasteiger partial charge is 0.225 e. The van der Waals surface area contributed by atoms with Crippen molar-refractivity contribution in [3.8, 4) is 5.69 Å². The van der Waals surface area contributed by atoms with E-state index in [-0.39, 0.29) is 11.9 Å². The fourth-order valence-electron chi connectivity index (χ4n) is 2.50. The fourth-order valence-corrected chi connectivity index (χ4v) is 2.67. The molecule has 0 spiro atoms. The van der Waals surface area contributed by atoms with Crippen LogP contribution in [0.5, 0.6) is 0 Å². The van der Waals surface area contributed by atoms with Crippen LogP contribution in [-0.4, -0.2) is 33.3 Å². The standard InChI is InChI=1S/C14H16ClN5O/c15-10-3-4-13(20-9-16-8-18-20)12(6-10)19-14(21)7-11-2-1-5-17-11/h3-4,6,8-9,11,17H,1-2,5,7H2,(H,19,21). The van der Waals surface area contributed by atoms with Crippen LogP contribution in [0, 0.1) is 0 Å². The number of nitrogens with one attached hydrogen (secondary N) is 2. The summed E-state index contributed by atoms with van der Waals surface area (Å²) in [7, 11) is 0. The molecule has 1 fully saturated rings. The van der Waals surface area contributed by atoms with Gasteiger partial charge in [-0.15, -0.1) is 0 Å². The van der Waals surface area contributed by atoms with Gasteiger partial charge in [0.25, 0.3) is 0 Å². The first-order valence-corrected chi connectivity index (χ1v) is 7.28. The lowest BCUT2D eigenvalue weighted by atomic mass is 10.1. The molecule has 0 bridgehead atoms. The SMILES string of the molecule is O=C(CC1CCCN1)Nc1cc(Cl)ccc1-n1cncn1. The van der Waals surface area contributed by atoms with Gasteiger partial charge in [0.1, 0.15) is 12.7 Å². The van der Waals surface area contributed by atoms with Crippen molar-refractivity contribution in [2.24, 2.45) is 0 Å². The Morgan fingerprint density at radius 1 is 1.52 bits per heavy atom. The third-order valence-corrected chi connectivity index (χ3v) is 3.73. The molecule has 3 rings (SSSR count). The predicted molar refractivity (Wildman–Crippen MR) is 80.6 cm³/mol.